The Morgan fingerprint density at radius 1 is 1.40 bits per heavy atom. The molecule has 4 nitrogen and oxygen atoms in total. The summed E-state index contributed by atoms with van der Waals surface area (Å²) in [4.78, 5) is 0. The van der Waals surface area contributed by atoms with Crippen LogP contribution in [0.1, 0.15) is 5.82 Å². The predicted octanol–water partition coefficient (Wildman–Crippen LogP) is -2.19. The van der Waals surface area contributed by atoms with Gasteiger partial charge in [-0.2, -0.15) is 0 Å². The first kappa shape index (κ1) is 12.0. The number of para-hydroxylation sites is 2. The molecule has 80 valence electrons. The molecule has 1 aromatic carbocycles. The summed E-state index contributed by atoms with van der Waals surface area (Å²) in [6.45, 7) is 0. The Morgan fingerprint density at radius 2 is 2.07 bits per heavy atom. The number of fused-ring (bicyclic) bond motifs is 1. The normalized spacial score (nSPS) is 10.8. The summed E-state index contributed by atoms with van der Waals surface area (Å²) < 4.78 is 3.96. The van der Waals surface area contributed by atoms with Crippen LogP contribution in [-0.2, 0) is 14.1 Å². The summed E-state index contributed by atoms with van der Waals surface area (Å²) in [7, 11) is 3.89. The van der Waals surface area contributed by atoms with Crippen LogP contribution in [0.2, 0.25) is 0 Å². The summed E-state index contributed by atoms with van der Waals surface area (Å²) in [6.07, 6.45) is 1.43. The van der Waals surface area contributed by atoms with E-state index in [0.29, 0.717) is 0 Å². The average Bonchev–Trinajstić information content (AvgIpc) is 2.45. The maximum Gasteiger partial charge on any atom is 0.304 e. The first-order valence-corrected chi connectivity index (χ1v) is 4.36. The molecule has 0 bridgehead atoms. The van der Waals surface area contributed by atoms with Crippen molar-refractivity contribution in [1.29, 1.82) is 0 Å². The average molecular weight is 317 g/mol. The molecule has 0 atom stereocenters. The summed E-state index contributed by atoms with van der Waals surface area (Å²) >= 11 is 0. The second kappa shape index (κ2) is 4.61. The zero-order chi connectivity index (χ0) is 10.1. The maximum absolute atomic E-state index is 8.54. The first-order valence-electron chi connectivity index (χ1n) is 4.36. The van der Waals surface area contributed by atoms with E-state index < -0.39 is 0 Å². The predicted molar refractivity (Wildman–Crippen MR) is 53.5 cm³/mol. The van der Waals surface area contributed by atoms with Gasteiger partial charge in [-0.3, -0.25) is 0 Å². The summed E-state index contributed by atoms with van der Waals surface area (Å²) in [6, 6.07) is 8.04. The molecular weight excluding hydrogens is 305 g/mol. The van der Waals surface area contributed by atoms with Crippen LogP contribution in [0, 0.1) is 0 Å². The monoisotopic (exact) mass is 317 g/mol. The van der Waals surface area contributed by atoms with Crippen molar-refractivity contribution in [2.24, 2.45) is 19.3 Å². The van der Waals surface area contributed by atoms with Gasteiger partial charge in [-0.1, -0.05) is 17.3 Å². The SMILES string of the molecule is Cn1c(/C=N\O)[n+](C)c2ccccc21.[I-]. The van der Waals surface area contributed by atoms with Gasteiger partial charge in [-0.15, -0.1) is 0 Å². The van der Waals surface area contributed by atoms with E-state index in [9.17, 15) is 0 Å². The van der Waals surface area contributed by atoms with E-state index in [1.165, 1.54) is 6.21 Å². The summed E-state index contributed by atoms with van der Waals surface area (Å²) in [5.74, 6) is 0.855. The number of aromatic nitrogens is 2. The second-order valence-electron chi connectivity index (χ2n) is 3.21. The van der Waals surface area contributed by atoms with Crippen LogP contribution >= 0.6 is 0 Å². The molecule has 1 aromatic heterocycles. The number of hydrogen-bond acceptors (Lipinski definition) is 2. The number of aryl methyl sites for hydroxylation is 2. The molecule has 15 heavy (non-hydrogen) atoms. The zero-order valence-electron chi connectivity index (χ0n) is 8.55. The Hall–Kier alpha value is -1.11. The second-order valence-corrected chi connectivity index (χ2v) is 3.21. The van der Waals surface area contributed by atoms with E-state index in [0.717, 1.165) is 16.9 Å². The summed E-state index contributed by atoms with van der Waals surface area (Å²) in [5.41, 5.74) is 2.23. The van der Waals surface area contributed by atoms with E-state index in [4.69, 9.17) is 5.21 Å². The van der Waals surface area contributed by atoms with E-state index in [1.54, 1.807) is 0 Å². The quantitative estimate of drug-likeness (QED) is 0.210. The minimum atomic E-state index is 0. The molecule has 0 amide bonds. The van der Waals surface area contributed by atoms with Crippen molar-refractivity contribution in [3.63, 3.8) is 0 Å². The number of rotatable bonds is 1. The van der Waals surface area contributed by atoms with Crippen molar-refractivity contribution in [3.05, 3.63) is 30.1 Å². The third-order valence-corrected chi connectivity index (χ3v) is 2.46. The molecule has 0 saturated heterocycles. The van der Waals surface area contributed by atoms with Gasteiger partial charge in [0, 0.05) is 0 Å². The summed E-state index contributed by atoms with van der Waals surface area (Å²) in [5, 5.41) is 11.6. The van der Waals surface area contributed by atoms with Crippen LogP contribution in [0.4, 0.5) is 0 Å². The van der Waals surface area contributed by atoms with Crippen molar-refractivity contribution in [2.45, 2.75) is 0 Å². The van der Waals surface area contributed by atoms with Crippen LogP contribution in [0.3, 0.4) is 0 Å². The van der Waals surface area contributed by atoms with E-state index in [1.807, 2.05) is 47.5 Å². The molecular formula is C10H12IN3O. The topological polar surface area (TPSA) is 41.4 Å². The Morgan fingerprint density at radius 3 is 2.67 bits per heavy atom. The highest BCUT2D eigenvalue weighted by molar-refractivity contribution is 5.80. The molecule has 0 unspecified atom stereocenters. The molecule has 1 heterocycles. The number of imidazole rings is 1. The molecule has 0 aliphatic rings. The van der Waals surface area contributed by atoms with Gasteiger partial charge >= 0.3 is 5.82 Å². The fourth-order valence-corrected chi connectivity index (χ4v) is 1.73. The number of oxime groups is 1. The van der Waals surface area contributed by atoms with E-state index in [-0.39, 0.29) is 24.0 Å². The van der Waals surface area contributed by atoms with Gasteiger partial charge in [0.2, 0.25) is 0 Å². The zero-order valence-corrected chi connectivity index (χ0v) is 10.7. The number of halogens is 1. The van der Waals surface area contributed by atoms with Crippen molar-refractivity contribution < 1.29 is 33.8 Å². The lowest BCUT2D eigenvalue weighted by atomic mass is 10.3. The third kappa shape index (κ3) is 1.83. The molecule has 2 aromatic rings. The van der Waals surface area contributed by atoms with Crippen molar-refractivity contribution in [2.75, 3.05) is 0 Å². The number of hydrogen-bond donors (Lipinski definition) is 1. The Kier molecular flexibility index (Phi) is 3.67. The molecule has 0 radical (unpaired) electrons. The molecule has 0 fully saturated rings. The fourth-order valence-electron chi connectivity index (χ4n) is 1.73. The minimum Gasteiger partial charge on any atom is -1.00 e. The smallest absolute Gasteiger partial charge is 0.304 e. The molecule has 0 spiro atoms. The van der Waals surface area contributed by atoms with Gasteiger partial charge in [0.1, 0.15) is 0 Å². The van der Waals surface area contributed by atoms with Gasteiger partial charge in [0.15, 0.2) is 17.2 Å². The van der Waals surface area contributed by atoms with Crippen molar-refractivity contribution >= 4 is 17.2 Å². The molecule has 0 aliphatic carbocycles. The Labute approximate surface area is 105 Å². The highest BCUT2D eigenvalue weighted by atomic mass is 127. The van der Waals surface area contributed by atoms with E-state index in [2.05, 4.69) is 5.16 Å². The number of benzene rings is 1. The fraction of sp³-hybridized carbons (Fsp3) is 0.200. The highest BCUT2D eigenvalue weighted by Crippen LogP contribution is 2.10. The lowest BCUT2D eigenvalue weighted by Gasteiger charge is -1.87. The van der Waals surface area contributed by atoms with Crippen molar-refractivity contribution in [3.8, 4) is 0 Å². The van der Waals surface area contributed by atoms with Gasteiger partial charge in [-0.05, 0) is 12.1 Å². The van der Waals surface area contributed by atoms with Gasteiger partial charge < -0.3 is 29.2 Å². The highest BCUT2D eigenvalue weighted by Gasteiger charge is 2.17. The standard InChI is InChI=1S/C10H11N3O.HI/c1-12-8-5-3-4-6-9(8)13(2)10(12)7-11-14;/h3-7H,1-2H3;1H. The first-order chi connectivity index (χ1) is 6.75. The molecule has 0 saturated carbocycles. The molecule has 1 N–H and O–H groups in total. The van der Waals surface area contributed by atoms with Gasteiger partial charge in [0.25, 0.3) is 0 Å². The van der Waals surface area contributed by atoms with Crippen LogP contribution in [-0.4, -0.2) is 16.0 Å². The van der Waals surface area contributed by atoms with Gasteiger partial charge in [0.05, 0.1) is 14.1 Å². The Balaban J connectivity index is 0.00000112. The van der Waals surface area contributed by atoms with Crippen LogP contribution in [0.25, 0.3) is 11.0 Å². The molecule has 2 rings (SSSR count). The van der Waals surface area contributed by atoms with Gasteiger partial charge in [-0.25, -0.2) is 9.13 Å². The maximum atomic E-state index is 8.54. The lowest BCUT2D eigenvalue weighted by molar-refractivity contribution is -0.646. The molecule has 5 heteroatoms. The van der Waals surface area contributed by atoms with E-state index >= 15 is 0 Å². The number of nitrogens with zero attached hydrogens (tertiary/aromatic N) is 3. The third-order valence-electron chi connectivity index (χ3n) is 2.46. The largest absolute Gasteiger partial charge is 1.00 e. The lowest BCUT2D eigenvalue weighted by Crippen LogP contribution is -3.00. The van der Waals surface area contributed by atoms with Crippen LogP contribution in [0.5, 0.6) is 0 Å². The van der Waals surface area contributed by atoms with Crippen LogP contribution in [0.15, 0.2) is 29.4 Å². The molecule has 0 aliphatic heterocycles. The van der Waals surface area contributed by atoms with Crippen LogP contribution < -0.4 is 28.5 Å². The van der Waals surface area contributed by atoms with Crippen molar-refractivity contribution in [1.82, 2.24) is 4.57 Å². The minimum absolute atomic E-state index is 0. The Bertz CT molecular complexity index is 466.